The van der Waals surface area contributed by atoms with Crippen molar-refractivity contribution in [1.82, 2.24) is 0 Å². The molecule has 0 saturated heterocycles. The normalized spacial score (nSPS) is 10.1. The molecule has 26 heavy (non-hydrogen) atoms. The number of anilines is 2. The van der Waals surface area contributed by atoms with Gasteiger partial charge in [0.15, 0.2) is 0 Å². The Morgan fingerprint density at radius 2 is 1.96 bits per heavy atom. The van der Waals surface area contributed by atoms with Gasteiger partial charge in [-0.1, -0.05) is 23.7 Å². The molecule has 2 aromatic rings. The second-order valence-corrected chi connectivity index (χ2v) is 6.48. The summed E-state index contributed by atoms with van der Waals surface area (Å²) in [5.41, 5.74) is 3.54. The van der Waals surface area contributed by atoms with Gasteiger partial charge in [-0.05, 0) is 49.2 Å². The molecule has 2 rings (SSSR count). The number of nitrogens with zero attached hydrogens (tertiary/aromatic N) is 2. The van der Waals surface area contributed by atoms with Gasteiger partial charge in [0.05, 0.1) is 22.3 Å². The van der Waals surface area contributed by atoms with E-state index in [1.54, 1.807) is 30.3 Å². The SMILES string of the molecule is CC(=O)N(CCC(=O)Nc1c(C)cc(C)cc1Cl)c1cccc(C#N)c1. The Bertz CT molecular complexity index is 864. The molecule has 1 N–H and O–H groups in total. The number of hydrogen-bond donors (Lipinski definition) is 1. The largest absolute Gasteiger partial charge is 0.324 e. The van der Waals surface area contributed by atoms with Crippen molar-refractivity contribution < 1.29 is 9.59 Å². The summed E-state index contributed by atoms with van der Waals surface area (Å²) < 4.78 is 0. The number of amides is 2. The topological polar surface area (TPSA) is 73.2 Å². The monoisotopic (exact) mass is 369 g/mol. The molecule has 0 spiro atoms. The molecular formula is C20H20ClN3O2. The van der Waals surface area contributed by atoms with E-state index in [-0.39, 0.29) is 24.8 Å². The van der Waals surface area contributed by atoms with Crippen LogP contribution in [0.2, 0.25) is 5.02 Å². The van der Waals surface area contributed by atoms with Crippen molar-refractivity contribution in [3.8, 4) is 6.07 Å². The Morgan fingerprint density at radius 1 is 1.23 bits per heavy atom. The minimum Gasteiger partial charge on any atom is -0.324 e. The van der Waals surface area contributed by atoms with Crippen LogP contribution in [0.4, 0.5) is 11.4 Å². The molecule has 0 aliphatic rings. The van der Waals surface area contributed by atoms with Gasteiger partial charge in [-0.2, -0.15) is 5.26 Å². The minimum atomic E-state index is -0.235. The van der Waals surface area contributed by atoms with Crippen LogP contribution in [0, 0.1) is 25.2 Å². The van der Waals surface area contributed by atoms with Gasteiger partial charge < -0.3 is 10.2 Å². The van der Waals surface area contributed by atoms with Gasteiger partial charge in [0, 0.05) is 25.6 Å². The highest BCUT2D eigenvalue weighted by Gasteiger charge is 2.15. The molecule has 0 fully saturated rings. The number of carbonyl (C=O) groups is 2. The first-order valence-corrected chi connectivity index (χ1v) is 8.54. The molecule has 5 nitrogen and oxygen atoms in total. The Hall–Kier alpha value is -2.84. The van der Waals surface area contributed by atoms with E-state index in [0.29, 0.717) is 22.0 Å². The lowest BCUT2D eigenvalue weighted by molar-refractivity contribution is -0.117. The van der Waals surface area contributed by atoms with Crippen LogP contribution in [0.25, 0.3) is 0 Å². The lowest BCUT2D eigenvalue weighted by atomic mass is 10.1. The fourth-order valence-electron chi connectivity index (χ4n) is 2.70. The third-order valence-electron chi connectivity index (χ3n) is 3.93. The van der Waals surface area contributed by atoms with Gasteiger partial charge in [-0.25, -0.2) is 0 Å². The quantitative estimate of drug-likeness (QED) is 0.857. The van der Waals surface area contributed by atoms with Crippen molar-refractivity contribution in [2.75, 3.05) is 16.8 Å². The number of halogens is 1. The van der Waals surface area contributed by atoms with E-state index < -0.39 is 0 Å². The van der Waals surface area contributed by atoms with Gasteiger partial charge in [0.2, 0.25) is 11.8 Å². The summed E-state index contributed by atoms with van der Waals surface area (Å²) >= 11 is 6.21. The summed E-state index contributed by atoms with van der Waals surface area (Å²) in [6.07, 6.45) is 0.111. The van der Waals surface area contributed by atoms with Crippen LogP contribution in [0.1, 0.15) is 30.0 Å². The van der Waals surface area contributed by atoms with Crippen molar-refractivity contribution in [1.29, 1.82) is 5.26 Å². The minimum absolute atomic E-state index is 0.111. The molecule has 0 saturated carbocycles. The molecule has 0 heterocycles. The van der Waals surface area contributed by atoms with E-state index in [1.807, 2.05) is 26.0 Å². The second kappa shape index (κ2) is 8.50. The zero-order chi connectivity index (χ0) is 19.3. The maximum absolute atomic E-state index is 12.3. The molecule has 0 bridgehead atoms. The number of rotatable bonds is 5. The molecule has 0 radical (unpaired) electrons. The molecule has 2 amide bonds. The van der Waals surface area contributed by atoms with E-state index in [4.69, 9.17) is 16.9 Å². The summed E-state index contributed by atoms with van der Waals surface area (Å²) in [6, 6.07) is 12.5. The van der Waals surface area contributed by atoms with E-state index >= 15 is 0 Å². The lowest BCUT2D eigenvalue weighted by Gasteiger charge is -2.21. The van der Waals surface area contributed by atoms with Crippen molar-refractivity contribution in [2.45, 2.75) is 27.2 Å². The first-order valence-electron chi connectivity index (χ1n) is 8.16. The zero-order valence-electron chi connectivity index (χ0n) is 15.0. The molecule has 0 atom stereocenters. The standard InChI is InChI=1S/C20H20ClN3O2/c1-13-9-14(2)20(18(21)10-13)23-19(26)7-8-24(15(3)25)17-6-4-5-16(11-17)12-22/h4-6,9-11H,7-8H2,1-3H3,(H,23,26). The number of nitriles is 1. The molecule has 6 heteroatoms. The molecular weight excluding hydrogens is 350 g/mol. The van der Waals surface area contributed by atoms with Crippen molar-refractivity contribution in [3.05, 3.63) is 58.1 Å². The summed E-state index contributed by atoms with van der Waals surface area (Å²) in [7, 11) is 0. The smallest absolute Gasteiger partial charge is 0.226 e. The maximum Gasteiger partial charge on any atom is 0.226 e. The first kappa shape index (κ1) is 19.5. The fourth-order valence-corrected chi connectivity index (χ4v) is 3.07. The zero-order valence-corrected chi connectivity index (χ0v) is 15.7. The Morgan fingerprint density at radius 3 is 2.58 bits per heavy atom. The maximum atomic E-state index is 12.3. The predicted octanol–water partition coefficient (Wildman–Crippen LogP) is 4.21. The van der Waals surface area contributed by atoms with E-state index in [0.717, 1.165) is 11.1 Å². The number of nitrogens with one attached hydrogen (secondary N) is 1. The molecule has 0 aromatic heterocycles. The van der Waals surface area contributed by atoms with E-state index in [1.165, 1.54) is 11.8 Å². The van der Waals surface area contributed by atoms with E-state index in [2.05, 4.69) is 5.32 Å². The second-order valence-electron chi connectivity index (χ2n) is 6.07. The molecule has 0 aliphatic carbocycles. The summed E-state index contributed by atoms with van der Waals surface area (Å²) in [6.45, 7) is 5.45. The number of hydrogen-bond acceptors (Lipinski definition) is 3. The number of benzene rings is 2. The third-order valence-corrected chi connectivity index (χ3v) is 4.22. The third kappa shape index (κ3) is 4.84. The lowest BCUT2D eigenvalue weighted by Crippen LogP contribution is -2.32. The van der Waals surface area contributed by atoms with Crippen molar-refractivity contribution >= 4 is 34.8 Å². The van der Waals surface area contributed by atoms with Gasteiger partial charge >= 0.3 is 0 Å². The van der Waals surface area contributed by atoms with Gasteiger partial charge in [0.25, 0.3) is 0 Å². The Balaban J connectivity index is 2.09. The van der Waals surface area contributed by atoms with Crippen LogP contribution in [-0.4, -0.2) is 18.4 Å². The summed E-state index contributed by atoms with van der Waals surface area (Å²) in [5.74, 6) is -0.432. The molecule has 0 aliphatic heterocycles. The molecule has 2 aromatic carbocycles. The van der Waals surface area contributed by atoms with Gasteiger partial charge in [-0.3, -0.25) is 9.59 Å². The molecule has 0 unspecified atom stereocenters. The van der Waals surface area contributed by atoms with Crippen LogP contribution in [-0.2, 0) is 9.59 Å². The van der Waals surface area contributed by atoms with Crippen LogP contribution in [0.3, 0.4) is 0 Å². The van der Waals surface area contributed by atoms with Gasteiger partial charge in [-0.15, -0.1) is 0 Å². The van der Waals surface area contributed by atoms with Crippen LogP contribution < -0.4 is 10.2 Å². The van der Waals surface area contributed by atoms with E-state index in [9.17, 15) is 9.59 Å². The van der Waals surface area contributed by atoms with Crippen molar-refractivity contribution in [3.63, 3.8) is 0 Å². The predicted molar refractivity (Wildman–Crippen MR) is 103 cm³/mol. The highest BCUT2D eigenvalue weighted by atomic mass is 35.5. The number of carbonyl (C=O) groups excluding carboxylic acids is 2. The summed E-state index contributed by atoms with van der Waals surface area (Å²) in [4.78, 5) is 25.8. The molecule has 134 valence electrons. The Kier molecular flexibility index (Phi) is 6.37. The van der Waals surface area contributed by atoms with Gasteiger partial charge in [0.1, 0.15) is 0 Å². The number of aryl methyl sites for hydroxylation is 2. The highest BCUT2D eigenvalue weighted by molar-refractivity contribution is 6.34. The average Bonchev–Trinajstić information content (AvgIpc) is 2.58. The van der Waals surface area contributed by atoms with Crippen molar-refractivity contribution in [2.24, 2.45) is 0 Å². The Labute approximate surface area is 158 Å². The van der Waals surface area contributed by atoms with Crippen LogP contribution in [0.15, 0.2) is 36.4 Å². The average molecular weight is 370 g/mol. The summed E-state index contributed by atoms with van der Waals surface area (Å²) in [5, 5.41) is 12.3. The first-order chi connectivity index (χ1) is 12.3. The van der Waals surface area contributed by atoms with Crippen LogP contribution in [0.5, 0.6) is 0 Å². The van der Waals surface area contributed by atoms with Crippen LogP contribution >= 0.6 is 11.6 Å². The highest BCUT2D eigenvalue weighted by Crippen LogP contribution is 2.27. The fraction of sp³-hybridized carbons (Fsp3) is 0.250.